The Labute approximate surface area is 127 Å². The molecule has 0 saturated carbocycles. The molecule has 22 heavy (non-hydrogen) atoms. The second-order valence-corrected chi connectivity index (χ2v) is 6.67. The SMILES string of the molecule is CC1(C)OC[C@](C)([C@H]2Cc3cc4ccc(=O)oc4cc3O2)O1. The van der Waals surface area contributed by atoms with E-state index in [1.54, 1.807) is 12.1 Å². The quantitative estimate of drug-likeness (QED) is 0.758. The Morgan fingerprint density at radius 2 is 2.00 bits per heavy atom. The summed E-state index contributed by atoms with van der Waals surface area (Å²) in [5.41, 5.74) is 0.792. The molecule has 0 aliphatic carbocycles. The Morgan fingerprint density at radius 1 is 1.18 bits per heavy atom. The molecule has 0 bridgehead atoms. The highest BCUT2D eigenvalue weighted by molar-refractivity contribution is 5.79. The Bertz CT molecular complexity index is 806. The van der Waals surface area contributed by atoms with Crippen molar-refractivity contribution in [1.82, 2.24) is 0 Å². The van der Waals surface area contributed by atoms with E-state index < -0.39 is 11.4 Å². The van der Waals surface area contributed by atoms with Crippen LogP contribution in [0.15, 0.2) is 33.5 Å². The van der Waals surface area contributed by atoms with E-state index in [0.717, 1.165) is 23.1 Å². The normalized spacial score (nSPS) is 29.5. The van der Waals surface area contributed by atoms with Gasteiger partial charge in [-0.2, -0.15) is 0 Å². The lowest BCUT2D eigenvalue weighted by molar-refractivity contribution is -0.173. The van der Waals surface area contributed by atoms with Gasteiger partial charge in [-0.1, -0.05) is 0 Å². The van der Waals surface area contributed by atoms with Crippen LogP contribution in [0.2, 0.25) is 0 Å². The van der Waals surface area contributed by atoms with Crippen molar-refractivity contribution in [3.63, 3.8) is 0 Å². The van der Waals surface area contributed by atoms with Crippen molar-refractivity contribution in [2.45, 2.75) is 44.7 Å². The van der Waals surface area contributed by atoms with Gasteiger partial charge in [0, 0.05) is 23.9 Å². The molecular weight excluding hydrogens is 284 g/mol. The summed E-state index contributed by atoms with van der Waals surface area (Å²) in [7, 11) is 0. The first kappa shape index (κ1) is 13.8. The molecular formula is C17H18O5. The Balaban J connectivity index is 1.68. The van der Waals surface area contributed by atoms with E-state index in [0.29, 0.717) is 12.2 Å². The van der Waals surface area contributed by atoms with Gasteiger partial charge < -0.3 is 18.6 Å². The fourth-order valence-corrected chi connectivity index (χ4v) is 3.24. The van der Waals surface area contributed by atoms with Gasteiger partial charge in [-0.05, 0) is 38.5 Å². The summed E-state index contributed by atoms with van der Waals surface area (Å²) in [6.07, 6.45) is 0.633. The van der Waals surface area contributed by atoms with Crippen LogP contribution in [0, 0.1) is 0 Å². The Morgan fingerprint density at radius 3 is 2.73 bits per heavy atom. The maximum absolute atomic E-state index is 11.3. The summed E-state index contributed by atoms with van der Waals surface area (Å²) in [4.78, 5) is 11.3. The third-order valence-corrected chi connectivity index (χ3v) is 4.34. The highest BCUT2D eigenvalue weighted by Gasteiger charge is 2.50. The first-order valence-electron chi connectivity index (χ1n) is 7.42. The summed E-state index contributed by atoms with van der Waals surface area (Å²) in [5, 5.41) is 0.900. The lowest BCUT2D eigenvalue weighted by Gasteiger charge is -2.30. The van der Waals surface area contributed by atoms with Crippen molar-refractivity contribution in [3.8, 4) is 5.75 Å². The number of ether oxygens (including phenoxy) is 3. The van der Waals surface area contributed by atoms with Crippen LogP contribution < -0.4 is 10.4 Å². The molecule has 2 aliphatic heterocycles. The summed E-state index contributed by atoms with van der Waals surface area (Å²) >= 11 is 0. The standard InChI is InChI=1S/C17H18O5/c1-16(2)19-9-17(3,22-16)14-7-11-6-10-4-5-15(18)21-12(10)8-13(11)20-14/h4-6,8,14H,7,9H2,1-3H3/t14-,17-/m1/s1. The number of fused-ring (bicyclic) bond motifs is 2. The molecule has 1 aromatic carbocycles. The van der Waals surface area contributed by atoms with Crippen LogP contribution in [-0.4, -0.2) is 24.1 Å². The minimum Gasteiger partial charge on any atom is -0.487 e. The van der Waals surface area contributed by atoms with Crippen LogP contribution in [-0.2, 0) is 15.9 Å². The molecule has 2 atom stereocenters. The monoisotopic (exact) mass is 302 g/mol. The fourth-order valence-electron chi connectivity index (χ4n) is 3.24. The zero-order valence-electron chi connectivity index (χ0n) is 12.8. The van der Waals surface area contributed by atoms with Gasteiger partial charge >= 0.3 is 5.63 Å². The van der Waals surface area contributed by atoms with Crippen molar-refractivity contribution >= 4 is 11.0 Å². The third kappa shape index (κ3) is 2.12. The minimum absolute atomic E-state index is 0.118. The van der Waals surface area contributed by atoms with E-state index >= 15 is 0 Å². The first-order valence-corrected chi connectivity index (χ1v) is 7.42. The van der Waals surface area contributed by atoms with Gasteiger partial charge in [-0.15, -0.1) is 0 Å². The smallest absolute Gasteiger partial charge is 0.336 e. The average molecular weight is 302 g/mol. The third-order valence-electron chi connectivity index (χ3n) is 4.34. The van der Waals surface area contributed by atoms with Crippen LogP contribution in [0.1, 0.15) is 26.3 Å². The molecule has 0 spiro atoms. The zero-order valence-corrected chi connectivity index (χ0v) is 12.8. The summed E-state index contributed by atoms with van der Waals surface area (Å²) in [6, 6.07) is 7.00. The van der Waals surface area contributed by atoms with Crippen LogP contribution in [0.3, 0.4) is 0 Å². The molecule has 5 nitrogen and oxygen atoms in total. The maximum Gasteiger partial charge on any atom is 0.336 e. The molecule has 0 N–H and O–H groups in total. The van der Waals surface area contributed by atoms with Crippen LogP contribution >= 0.6 is 0 Å². The molecule has 0 radical (unpaired) electrons. The predicted octanol–water partition coefficient (Wildman–Crippen LogP) is 2.64. The lowest BCUT2D eigenvalue weighted by atomic mass is 9.95. The van der Waals surface area contributed by atoms with Gasteiger partial charge in [0.05, 0.1) is 6.61 Å². The van der Waals surface area contributed by atoms with E-state index in [2.05, 4.69) is 0 Å². The Hall–Kier alpha value is -1.85. The first-order chi connectivity index (χ1) is 10.3. The van der Waals surface area contributed by atoms with E-state index in [1.807, 2.05) is 26.8 Å². The van der Waals surface area contributed by atoms with E-state index in [4.69, 9.17) is 18.6 Å². The van der Waals surface area contributed by atoms with Gasteiger partial charge in [-0.3, -0.25) is 0 Å². The van der Waals surface area contributed by atoms with E-state index in [-0.39, 0.29) is 11.7 Å². The molecule has 2 aromatic rings. The van der Waals surface area contributed by atoms with E-state index in [9.17, 15) is 4.79 Å². The summed E-state index contributed by atoms with van der Waals surface area (Å²) < 4.78 is 23.0. The van der Waals surface area contributed by atoms with E-state index in [1.165, 1.54) is 6.07 Å². The highest BCUT2D eigenvalue weighted by atomic mass is 16.8. The summed E-state index contributed by atoms with van der Waals surface area (Å²) in [6.45, 7) is 6.32. The molecule has 3 heterocycles. The van der Waals surface area contributed by atoms with Gasteiger partial charge in [0.1, 0.15) is 23.0 Å². The van der Waals surface area contributed by atoms with Crippen molar-refractivity contribution < 1.29 is 18.6 Å². The average Bonchev–Trinajstić information content (AvgIpc) is 2.97. The number of rotatable bonds is 1. The number of hydrogen-bond acceptors (Lipinski definition) is 5. The molecule has 0 amide bonds. The molecule has 116 valence electrons. The van der Waals surface area contributed by atoms with Crippen LogP contribution in [0.25, 0.3) is 11.0 Å². The van der Waals surface area contributed by atoms with Crippen molar-refractivity contribution in [2.75, 3.05) is 6.61 Å². The molecule has 5 heteroatoms. The zero-order chi connectivity index (χ0) is 15.5. The summed E-state index contributed by atoms with van der Waals surface area (Å²) in [5.74, 6) is 0.158. The van der Waals surface area contributed by atoms with Crippen molar-refractivity contribution in [3.05, 3.63) is 40.2 Å². The number of benzene rings is 1. The topological polar surface area (TPSA) is 57.9 Å². The van der Waals surface area contributed by atoms with Gasteiger partial charge in [-0.25, -0.2) is 4.79 Å². The Kier molecular flexibility index (Phi) is 2.72. The molecule has 0 unspecified atom stereocenters. The van der Waals surface area contributed by atoms with Gasteiger partial charge in [0.2, 0.25) is 0 Å². The molecule has 4 rings (SSSR count). The largest absolute Gasteiger partial charge is 0.487 e. The fraction of sp³-hybridized carbons (Fsp3) is 0.471. The molecule has 1 fully saturated rings. The molecule has 2 aliphatic rings. The van der Waals surface area contributed by atoms with Gasteiger partial charge in [0.15, 0.2) is 5.79 Å². The second kappa shape index (κ2) is 4.33. The molecule has 1 saturated heterocycles. The minimum atomic E-state index is -0.593. The highest BCUT2D eigenvalue weighted by Crippen LogP contribution is 2.41. The maximum atomic E-state index is 11.3. The van der Waals surface area contributed by atoms with Crippen molar-refractivity contribution in [1.29, 1.82) is 0 Å². The lowest BCUT2D eigenvalue weighted by Crippen LogP contribution is -2.45. The second-order valence-electron chi connectivity index (χ2n) is 6.67. The number of hydrogen-bond donors (Lipinski definition) is 0. The van der Waals surface area contributed by atoms with Crippen LogP contribution in [0.4, 0.5) is 0 Å². The van der Waals surface area contributed by atoms with Gasteiger partial charge in [0.25, 0.3) is 0 Å². The van der Waals surface area contributed by atoms with Crippen molar-refractivity contribution in [2.24, 2.45) is 0 Å². The predicted molar refractivity (Wildman–Crippen MR) is 80.1 cm³/mol. The molecule has 1 aromatic heterocycles. The van der Waals surface area contributed by atoms with Crippen LogP contribution in [0.5, 0.6) is 5.75 Å².